The summed E-state index contributed by atoms with van der Waals surface area (Å²) in [6.45, 7) is 7.04. The van der Waals surface area contributed by atoms with Crippen LogP contribution in [0.2, 0.25) is 0 Å². The van der Waals surface area contributed by atoms with Crippen molar-refractivity contribution in [3.05, 3.63) is 89.2 Å². The number of ether oxygens (including phenoxy) is 2. The predicted octanol–water partition coefficient (Wildman–Crippen LogP) is 6.28. The van der Waals surface area contributed by atoms with Crippen molar-refractivity contribution in [3.63, 3.8) is 0 Å². The number of hydrogen-bond acceptors (Lipinski definition) is 7. The molecule has 0 spiro atoms. The van der Waals surface area contributed by atoms with Gasteiger partial charge in [-0.1, -0.05) is 19.1 Å². The molecule has 4 atom stereocenters. The van der Waals surface area contributed by atoms with Gasteiger partial charge in [-0.05, 0) is 88.2 Å². The standard InChI is InChI=1S/C36H45F3N4O5/c1-24-20-43(25(2)23-44)35(46)31-19-30(41-34(45)28-14-16-40-17-15-28)12-13-32(31)48-26(3)7-5-6-18-47-33(24)22-42(4)21-27-8-10-29(11-9-27)36(37,38)39/h8-17,19,24-26,33,44H,5-7,18,20-23H2,1-4H3,(H,41,45)/t24-,25+,26-,33+/m1/s1. The zero-order chi connectivity index (χ0) is 34.8. The number of pyridine rings is 1. The second-order valence-corrected chi connectivity index (χ2v) is 12.6. The quantitative estimate of drug-likeness (QED) is 0.291. The number of fused-ring (bicyclic) bond motifs is 1. The van der Waals surface area contributed by atoms with Gasteiger partial charge in [-0.15, -0.1) is 0 Å². The lowest BCUT2D eigenvalue weighted by atomic mass is 10.0. The fraction of sp³-hybridized carbons (Fsp3) is 0.472. The molecule has 0 unspecified atom stereocenters. The molecule has 2 heterocycles. The highest BCUT2D eigenvalue weighted by atomic mass is 19.4. The van der Waals surface area contributed by atoms with Crippen LogP contribution in [0.5, 0.6) is 5.75 Å². The molecule has 1 aliphatic heterocycles. The van der Waals surface area contributed by atoms with Gasteiger partial charge < -0.3 is 24.8 Å². The molecule has 3 aromatic rings. The summed E-state index contributed by atoms with van der Waals surface area (Å²) in [6.07, 6.45) is 0.489. The molecule has 9 nitrogen and oxygen atoms in total. The third-order valence-corrected chi connectivity index (χ3v) is 8.48. The lowest BCUT2D eigenvalue weighted by Gasteiger charge is -2.36. The van der Waals surface area contributed by atoms with E-state index in [1.165, 1.54) is 24.5 Å². The summed E-state index contributed by atoms with van der Waals surface area (Å²) in [5, 5.41) is 13.0. The molecule has 0 bridgehead atoms. The third-order valence-electron chi connectivity index (χ3n) is 8.48. The largest absolute Gasteiger partial charge is 0.490 e. The van der Waals surface area contributed by atoms with Gasteiger partial charge in [0, 0.05) is 55.8 Å². The zero-order valence-corrected chi connectivity index (χ0v) is 27.9. The van der Waals surface area contributed by atoms with Gasteiger partial charge in [-0.3, -0.25) is 19.5 Å². The van der Waals surface area contributed by atoms with Crippen LogP contribution in [0.1, 0.15) is 71.9 Å². The number of hydrogen-bond donors (Lipinski definition) is 2. The molecule has 1 aliphatic rings. The minimum absolute atomic E-state index is 0.182. The molecule has 0 saturated carbocycles. The number of halogens is 3. The van der Waals surface area contributed by atoms with E-state index in [4.69, 9.17) is 9.47 Å². The molecule has 48 heavy (non-hydrogen) atoms. The molecule has 0 saturated heterocycles. The minimum atomic E-state index is -4.39. The fourth-order valence-corrected chi connectivity index (χ4v) is 5.65. The lowest BCUT2D eigenvalue weighted by molar-refractivity contribution is -0.137. The highest BCUT2D eigenvalue weighted by Crippen LogP contribution is 2.30. The molecule has 260 valence electrons. The fourth-order valence-electron chi connectivity index (χ4n) is 5.65. The van der Waals surface area contributed by atoms with Crippen LogP contribution in [0.25, 0.3) is 0 Å². The Balaban J connectivity index is 1.58. The molecule has 2 aromatic carbocycles. The Morgan fingerprint density at radius 1 is 1.10 bits per heavy atom. The summed E-state index contributed by atoms with van der Waals surface area (Å²) in [5.41, 5.74) is 1.14. The van der Waals surface area contributed by atoms with Gasteiger partial charge in [0.1, 0.15) is 5.75 Å². The molecule has 0 fully saturated rings. The zero-order valence-electron chi connectivity index (χ0n) is 27.9. The number of nitrogens with one attached hydrogen (secondary N) is 1. The van der Waals surface area contributed by atoms with Crippen molar-refractivity contribution in [2.75, 3.05) is 38.7 Å². The van der Waals surface area contributed by atoms with E-state index >= 15 is 0 Å². The van der Waals surface area contributed by atoms with Gasteiger partial charge in [0.2, 0.25) is 0 Å². The second-order valence-electron chi connectivity index (χ2n) is 12.6. The van der Waals surface area contributed by atoms with Crippen molar-refractivity contribution in [2.45, 2.75) is 71.0 Å². The smallest absolute Gasteiger partial charge is 0.416 e. The first-order valence-corrected chi connectivity index (χ1v) is 16.3. The number of likely N-dealkylation sites (N-methyl/N-ethyl adjacent to an activating group) is 1. The molecule has 0 radical (unpaired) electrons. The van der Waals surface area contributed by atoms with Crippen LogP contribution in [-0.2, 0) is 17.5 Å². The number of aliphatic hydroxyl groups is 1. The number of rotatable bonds is 8. The van der Waals surface area contributed by atoms with Crippen molar-refractivity contribution in [3.8, 4) is 5.75 Å². The van der Waals surface area contributed by atoms with Crippen LogP contribution < -0.4 is 10.1 Å². The Morgan fingerprint density at radius 2 is 1.81 bits per heavy atom. The maximum absolute atomic E-state index is 14.3. The van der Waals surface area contributed by atoms with E-state index in [-0.39, 0.29) is 48.7 Å². The summed E-state index contributed by atoms with van der Waals surface area (Å²) < 4.78 is 51.8. The molecule has 12 heteroatoms. The van der Waals surface area contributed by atoms with E-state index in [1.807, 2.05) is 25.8 Å². The Labute approximate surface area is 280 Å². The predicted molar refractivity (Wildman–Crippen MR) is 177 cm³/mol. The Morgan fingerprint density at radius 3 is 2.48 bits per heavy atom. The number of carbonyl (C=O) groups excluding carboxylic acids is 2. The Kier molecular flexibility index (Phi) is 13.0. The summed E-state index contributed by atoms with van der Waals surface area (Å²) in [5.74, 6) is -0.508. The van der Waals surface area contributed by atoms with E-state index < -0.39 is 17.8 Å². The summed E-state index contributed by atoms with van der Waals surface area (Å²) in [7, 11) is 1.88. The van der Waals surface area contributed by atoms with E-state index in [1.54, 1.807) is 42.2 Å². The average molecular weight is 671 g/mol. The van der Waals surface area contributed by atoms with Gasteiger partial charge in [0.15, 0.2) is 0 Å². The first-order valence-electron chi connectivity index (χ1n) is 16.3. The summed E-state index contributed by atoms with van der Waals surface area (Å²) >= 11 is 0. The number of nitrogens with zero attached hydrogens (tertiary/aromatic N) is 3. The lowest BCUT2D eigenvalue weighted by Crippen LogP contribution is -2.47. The second kappa shape index (κ2) is 16.9. The van der Waals surface area contributed by atoms with Gasteiger partial charge in [-0.25, -0.2) is 0 Å². The molecule has 0 aliphatic carbocycles. The van der Waals surface area contributed by atoms with Gasteiger partial charge in [0.05, 0.1) is 36.0 Å². The SMILES string of the molecule is C[C@@H]1CCCCO[C@@H](CN(C)Cc2ccc(C(F)(F)F)cc2)[C@H](C)CN([C@@H](C)CO)C(=O)c2cc(NC(=O)c3ccncc3)ccc2O1. The first kappa shape index (κ1) is 36.8. The van der Waals surface area contributed by atoms with Crippen LogP contribution in [-0.4, -0.2) is 83.3 Å². The number of anilines is 1. The number of alkyl halides is 3. The molecule has 2 amide bonds. The third kappa shape index (κ3) is 10.2. The van der Waals surface area contributed by atoms with Gasteiger partial charge in [0.25, 0.3) is 11.8 Å². The molecule has 2 N–H and O–H groups in total. The van der Waals surface area contributed by atoms with E-state index in [0.29, 0.717) is 36.7 Å². The van der Waals surface area contributed by atoms with Crippen molar-refractivity contribution in [1.82, 2.24) is 14.8 Å². The molecule has 4 rings (SSSR count). The number of benzene rings is 2. The van der Waals surface area contributed by atoms with Crippen LogP contribution in [0.15, 0.2) is 67.0 Å². The van der Waals surface area contributed by atoms with E-state index in [2.05, 4.69) is 10.3 Å². The number of carbonyl (C=O) groups is 2. The highest BCUT2D eigenvalue weighted by Gasteiger charge is 2.32. The minimum Gasteiger partial charge on any atom is -0.490 e. The van der Waals surface area contributed by atoms with Crippen molar-refractivity contribution in [1.29, 1.82) is 0 Å². The Bertz CT molecular complexity index is 1490. The average Bonchev–Trinajstić information content (AvgIpc) is 3.06. The monoisotopic (exact) mass is 670 g/mol. The number of aromatic nitrogens is 1. The van der Waals surface area contributed by atoms with Gasteiger partial charge in [-0.2, -0.15) is 13.2 Å². The maximum Gasteiger partial charge on any atom is 0.416 e. The first-order chi connectivity index (χ1) is 22.8. The van der Waals surface area contributed by atoms with Crippen molar-refractivity contribution in [2.24, 2.45) is 5.92 Å². The van der Waals surface area contributed by atoms with Gasteiger partial charge >= 0.3 is 6.18 Å². The van der Waals surface area contributed by atoms with E-state index in [9.17, 15) is 27.9 Å². The molecular formula is C36H45F3N4O5. The topological polar surface area (TPSA) is 104 Å². The van der Waals surface area contributed by atoms with Crippen LogP contribution >= 0.6 is 0 Å². The van der Waals surface area contributed by atoms with Crippen LogP contribution in [0, 0.1) is 5.92 Å². The van der Waals surface area contributed by atoms with Crippen LogP contribution in [0.4, 0.5) is 18.9 Å². The van der Waals surface area contributed by atoms with Crippen LogP contribution in [0.3, 0.4) is 0 Å². The number of aliphatic hydroxyl groups excluding tert-OH is 1. The molecular weight excluding hydrogens is 625 g/mol. The Hall–Kier alpha value is -4.00. The maximum atomic E-state index is 14.3. The van der Waals surface area contributed by atoms with E-state index in [0.717, 1.165) is 37.0 Å². The number of amides is 2. The van der Waals surface area contributed by atoms with Crippen molar-refractivity contribution >= 4 is 17.5 Å². The van der Waals surface area contributed by atoms with Crippen molar-refractivity contribution < 1.29 is 37.3 Å². The molecule has 1 aromatic heterocycles. The highest BCUT2D eigenvalue weighted by molar-refractivity contribution is 6.05. The normalized spacial score (nSPS) is 20.4. The summed E-state index contributed by atoms with van der Waals surface area (Å²) in [6, 6.07) is 12.8. The summed E-state index contributed by atoms with van der Waals surface area (Å²) in [4.78, 5) is 34.8.